The molecule has 0 amide bonds. The highest BCUT2D eigenvalue weighted by Crippen LogP contribution is 2.15. The molecule has 1 aromatic carbocycles. The summed E-state index contributed by atoms with van der Waals surface area (Å²) in [5.74, 6) is 0.196. The van der Waals surface area contributed by atoms with Crippen LogP contribution in [0.3, 0.4) is 0 Å². The number of nitrogens with one attached hydrogen (secondary N) is 1. The van der Waals surface area contributed by atoms with Crippen molar-refractivity contribution in [2.75, 3.05) is 5.75 Å². The van der Waals surface area contributed by atoms with Crippen LogP contribution < -0.4 is 4.72 Å². The quantitative estimate of drug-likeness (QED) is 0.827. The van der Waals surface area contributed by atoms with E-state index in [1.165, 1.54) is 5.56 Å². The number of hydrogen-bond donors (Lipinski definition) is 1. The summed E-state index contributed by atoms with van der Waals surface area (Å²) in [6.07, 6.45) is 2.31. The van der Waals surface area contributed by atoms with Crippen molar-refractivity contribution in [1.82, 2.24) is 4.72 Å². The summed E-state index contributed by atoms with van der Waals surface area (Å²) >= 11 is 0. The van der Waals surface area contributed by atoms with Gasteiger partial charge in [-0.1, -0.05) is 37.3 Å². The maximum absolute atomic E-state index is 11.7. The van der Waals surface area contributed by atoms with Crippen LogP contribution in [-0.2, 0) is 16.4 Å². The van der Waals surface area contributed by atoms with Gasteiger partial charge >= 0.3 is 0 Å². The molecule has 0 radical (unpaired) electrons. The topological polar surface area (TPSA) is 46.2 Å². The van der Waals surface area contributed by atoms with Crippen molar-refractivity contribution in [3.8, 4) is 0 Å². The van der Waals surface area contributed by atoms with Gasteiger partial charge in [-0.15, -0.1) is 0 Å². The molecule has 4 heteroatoms. The van der Waals surface area contributed by atoms with Gasteiger partial charge in [0.25, 0.3) is 0 Å². The van der Waals surface area contributed by atoms with Gasteiger partial charge in [-0.05, 0) is 38.7 Å². The molecule has 0 aliphatic rings. The van der Waals surface area contributed by atoms with Crippen molar-refractivity contribution in [3.05, 3.63) is 35.9 Å². The first-order chi connectivity index (χ1) is 8.35. The summed E-state index contributed by atoms with van der Waals surface area (Å²) in [6.45, 7) is 5.74. The Morgan fingerprint density at radius 2 is 1.78 bits per heavy atom. The fourth-order valence-electron chi connectivity index (χ4n) is 1.89. The van der Waals surface area contributed by atoms with Crippen molar-refractivity contribution >= 4 is 10.0 Å². The highest BCUT2D eigenvalue weighted by Gasteiger charge is 2.23. The van der Waals surface area contributed by atoms with Gasteiger partial charge in [0.05, 0.1) is 5.75 Å². The zero-order chi connectivity index (χ0) is 13.6. The van der Waals surface area contributed by atoms with Crippen LogP contribution in [0, 0.1) is 0 Å². The summed E-state index contributed by atoms with van der Waals surface area (Å²) in [7, 11) is -3.14. The van der Waals surface area contributed by atoms with E-state index in [4.69, 9.17) is 0 Å². The van der Waals surface area contributed by atoms with Crippen molar-refractivity contribution in [3.63, 3.8) is 0 Å². The lowest BCUT2D eigenvalue weighted by Crippen LogP contribution is -2.44. The van der Waals surface area contributed by atoms with Gasteiger partial charge in [0.2, 0.25) is 10.0 Å². The Labute approximate surface area is 111 Å². The third-order valence-electron chi connectivity index (χ3n) is 2.79. The van der Waals surface area contributed by atoms with E-state index in [2.05, 4.69) is 16.9 Å². The summed E-state index contributed by atoms with van der Waals surface area (Å²) < 4.78 is 26.3. The molecule has 1 aromatic rings. The second kappa shape index (κ2) is 6.34. The van der Waals surface area contributed by atoms with E-state index in [0.717, 1.165) is 12.8 Å². The first-order valence-corrected chi connectivity index (χ1v) is 8.05. The number of sulfonamides is 1. The molecule has 0 bridgehead atoms. The van der Waals surface area contributed by atoms with Crippen LogP contribution in [-0.4, -0.2) is 19.7 Å². The summed E-state index contributed by atoms with van der Waals surface area (Å²) in [6, 6.07) is 10.1. The Hall–Kier alpha value is -0.870. The molecule has 0 fully saturated rings. The van der Waals surface area contributed by atoms with Gasteiger partial charge in [-0.25, -0.2) is 13.1 Å². The molecule has 0 aliphatic heterocycles. The molecule has 0 saturated carbocycles. The zero-order valence-electron chi connectivity index (χ0n) is 11.4. The SMILES string of the molecule is CCCS(=O)(=O)NC(C)(C)CCc1ccccc1. The molecule has 0 aromatic heterocycles. The normalized spacial score (nSPS) is 12.6. The van der Waals surface area contributed by atoms with E-state index >= 15 is 0 Å². The second-order valence-electron chi connectivity index (χ2n) is 5.29. The van der Waals surface area contributed by atoms with Crippen molar-refractivity contribution in [1.29, 1.82) is 0 Å². The van der Waals surface area contributed by atoms with Gasteiger partial charge in [0.1, 0.15) is 0 Å². The van der Waals surface area contributed by atoms with E-state index in [1.54, 1.807) is 0 Å². The van der Waals surface area contributed by atoms with E-state index in [0.29, 0.717) is 6.42 Å². The standard InChI is InChI=1S/C14H23NO2S/c1-4-12-18(16,17)15-14(2,3)11-10-13-8-6-5-7-9-13/h5-9,15H,4,10-12H2,1-3H3. The first kappa shape index (κ1) is 15.2. The predicted molar refractivity (Wildman–Crippen MR) is 76.1 cm³/mol. The average Bonchev–Trinajstić information content (AvgIpc) is 2.26. The van der Waals surface area contributed by atoms with E-state index in [-0.39, 0.29) is 5.75 Å². The maximum atomic E-state index is 11.7. The molecular formula is C14H23NO2S. The minimum Gasteiger partial charge on any atom is -0.212 e. The molecule has 0 unspecified atom stereocenters. The van der Waals surface area contributed by atoms with Crippen LogP contribution in [0.2, 0.25) is 0 Å². The van der Waals surface area contributed by atoms with E-state index < -0.39 is 15.6 Å². The molecular weight excluding hydrogens is 246 g/mol. The summed E-state index contributed by atoms with van der Waals surface area (Å²) in [5.41, 5.74) is 0.837. The Balaban J connectivity index is 2.55. The number of benzene rings is 1. The lowest BCUT2D eigenvalue weighted by atomic mass is 9.97. The van der Waals surface area contributed by atoms with E-state index in [9.17, 15) is 8.42 Å². The Bertz CT molecular complexity index is 452. The molecule has 1 N–H and O–H groups in total. The van der Waals surface area contributed by atoms with Gasteiger partial charge < -0.3 is 0 Å². The maximum Gasteiger partial charge on any atom is 0.212 e. The number of aryl methyl sites for hydroxylation is 1. The van der Waals surface area contributed by atoms with Gasteiger partial charge in [0.15, 0.2) is 0 Å². The van der Waals surface area contributed by atoms with Crippen LogP contribution >= 0.6 is 0 Å². The zero-order valence-corrected chi connectivity index (χ0v) is 12.3. The van der Waals surface area contributed by atoms with Crippen molar-refractivity contribution < 1.29 is 8.42 Å². The van der Waals surface area contributed by atoms with E-state index in [1.807, 2.05) is 39.0 Å². The first-order valence-electron chi connectivity index (χ1n) is 6.40. The van der Waals surface area contributed by atoms with Gasteiger partial charge in [0, 0.05) is 5.54 Å². The highest BCUT2D eigenvalue weighted by atomic mass is 32.2. The molecule has 0 spiro atoms. The fraction of sp³-hybridized carbons (Fsp3) is 0.571. The average molecular weight is 269 g/mol. The molecule has 1 rings (SSSR count). The van der Waals surface area contributed by atoms with Crippen LogP contribution in [0.4, 0.5) is 0 Å². The third kappa shape index (κ3) is 5.65. The van der Waals surface area contributed by atoms with Crippen LogP contribution in [0.5, 0.6) is 0 Å². The van der Waals surface area contributed by atoms with Crippen LogP contribution in [0.15, 0.2) is 30.3 Å². The Morgan fingerprint density at radius 1 is 1.17 bits per heavy atom. The lowest BCUT2D eigenvalue weighted by molar-refractivity contribution is 0.422. The molecule has 3 nitrogen and oxygen atoms in total. The van der Waals surface area contributed by atoms with Crippen LogP contribution in [0.25, 0.3) is 0 Å². The second-order valence-corrected chi connectivity index (χ2v) is 7.13. The lowest BCUT2D eigenvalue weighted by Gasteiger charge is -2.26. The van der Waals surface area contributed by atoms with Crippen LogP contribution in [0.1, 0.15) is 39.2 Å². The molecule has 102 valence electrons. The minimum absolute atomic E-state index is 0.196. The highest BCUT2D eigenvalue weighted by molar-refractivity contribution is 7.89. The molecule has 0 atom stereocenters. The smallest absolute Gasteiger partial charge is 0.212 e. The van der Waals surface area contributed by atoms with Gasteiger partial charge in [-0.2, -0.15) is 0 Å². The number of rotatable bonds is 7. The van der Waals surface area contributed by atoms with Gasteiger partial charge in [-0.3, -0.25) is 0 Å². The fourth-order valence-corrected chi connectivity index (χ4v) is 3.48. The molecule has 18 heavy (non-hydrogen) atoms. The largest absolute Gasteiger partial charge is 0.212 e. The molecule has 0 aliphatic carbocycles. The number of hydrogen-bond acceptors (Lipinski definition) is 2. The summed E-state index contributed by atoms with van der Waals surface area (Å²) in [4.78, 5) is 0. The summed E-state index contributed by atoms with van der Waals surface area (Å²) in [5, 5.41) is 0. The Kier molecular flexibility index (Phi) is 5.35. The van der Waals surface area contributed by atoms with Crippen molar-refractivity contribution in [2.24, 2.45) is 0 Å². The monoisotopic (exact) mass is 269 g/mol. The minimum atomic E-state index is -3.14. The molecule has 0 saturated heterocycles. The molecule has 0 heterocycles. The Morgan fingerprint density at radius 3 is 2.33 bits per heavy atom. The predicted octanol–water partition coefficient (Wildman–Crippen LogP) is 2.73. The van der Waals surface area contributed by atoms with Crippen molar-refractivity contribution in [2.45, 2.75) is 45.6 Å². The third-order valence-corrected chi connectivity index (χ3v) is 4.60.